The van der Waals surface area contributed by atoms with E-state index in [9.17, 15) is 4.79 Å². The van der Waals surface area contributed by atoms with Crippen LogP contribution in [-0.4, -0.2) is 30.7 Å². The molecule has 2 heterocycles. The minimum Gasteiger partial charge on any atom is -0.398 e. The second-order valence-corrected chi connectivity index (χ2v) is 5.74. The molecule has 24 heavy (non-hydrogen) atoms. The first kappa shape index (κ1) is 15.7. The van der Waals surface area contributed by atoms with Gasteiger partial charge in [-0.3, -0.25) is 9.48 Å². The van der Waals surface area contributed by atoms with Gasteiger partial charge in [-0.1, -0.05) is 23.4 Å². The molecule has 0 aliphatic heterocycles. The smallest absolute Gasteiger partial charge is 0.247 e. The fraction of sp³-hybridized carbons (Fsp3) is 0.250. The van der Waals surface area contributed by atoms with Gasteiger partial charge in [0.15, 0.2) is 5.82 Å². The number of nitrogens with one attached hydrogen (secondary N) is 1. The number of nitrogen functional groups attached to an aromatic ring is 1. The molecule has 0 aliphatic carbocycles. The molecule has 2 aromatic heterocycles. The fourth-order valence-corrected chi connectivity index (χ4v) is 2.26. The molecule has 0 radical (unpaired) electrons. The van der Waals surface area contributed by atoms with Crippen LogP contribution in [0.3, 0.4) is 0 Å². The third-order valence-electron chi connectivity index (χ3n) is 3.52. The Hall–Kier alpha value is -3.16. The SMILES string of the molecule is CC(C)n1cc(NC(=O)Cn2cc(-c3ccccc3N)cn2)nn1. The molecule has 0 bridgehead atoms. The lowest BCUT2D eigenvalue weighted by molar-refractivity contribution is -0.116. The fourth-order valence-electron chi connectivity index (χ4n) is 2.26. The number of nitrogens with zero attached hydrogens (tertiary/aromatic N) is 5. The average Bonchev–Trinajstić information content (AvgIpc) is 3.17. The number of benzene rings is 1. The van der Waals surface area contributed by atoms with Crippen molar-refractivity contribution >= 4 is 17.4 Å². The first-order valence-corrected chi connectivity index (χ1v) is 7.62. The molecular weight excluding hydrogens is 306 g/mol. The zero-order valence-electron chi connectivity index (χ0n) is 13.5. The van der Waals surface area contributed by atoms with Gasteiger partial charge in [0.25, 0.3) is 0 Å². The van der Waals surface area contributed by atoms with Crippen LogP contribution in [0.25, 0.3) is 11.1 Å². The molecule has 0 fully saturated rings. The molecule has 8 heteroatoms. The number of hydrogen-bond donors (Lipinski definition) is 2. The van der Waals surface area contributed by atoms with E-state index in [2.05, 4.69) is 20.7 Å². The third kappa shape index (κ3) is 3.43. The molecule has 0 unspecified atom stereocenters. The summed E-state index contributed by atoms with van der Waals surface area (Å²) in [5.74, 6) is 0.204. The molecule has 0 saturated carbocycles. The summed E-state index contributed by atoms with van der Waals surface area (Å²) < 4.78 is 3.24. The highest BCUT2D eigenvalue weighted by molar-refractivity contribution is 5.89. The molecule has 3 aromatic rings. The van der Waals surface area contributed by atoms with Crippen molar-refractivity contribution in [2.24, 2.45) is 0 Å². The van der Waals surface area contributed by atoms with Crippen LogP contribution in [0, 0.1) is 0 Å². The van der Waals surface area contributed by atoms with Crippen LogP contribution in [0.1, 0.15) is 19.9 Å². The summed E-state index contributed by atoms with van der Waals surface area (Å²) in [5.41, 5.74) is 8.39. The highest BCUT2D eigenvalue weighted by Gasteiger charge is 2.10. The average molecular weight is 325 g/mol. The van der Waals surface area contributed by atoms with Gasteiger partial charge in [-0.05, 0) is 19.9 Å². The summed E-state index contributed by atoms with van der Waals surface area (Å²) in [4.78, 5) is 12.1. The van der Waals surface area contributed by atoms with Crippen LogP contribution in [0.5, 0.6) is 0 Å². The molecule has 0 aliphatic rings. The summed E-state index contributed by atoms with van der Waals surface area (Å²) >= 11 is 0. The molecule has 3 N–H and O–H groups in total. The quantitative estimate of drug-likeness (QED) is 0.698. The Kier molecular flexibility index (Phi) is 4.28. The Bertz CT molecular complexity index is 849. The molecule has 0 atom stereocenters. The number of carbonyl (C=O) groups is 1. The lowest BCUT2D eigenvalue weighted by atomic mass is 10.1. The van der Waals surface area contributed by atoms with Crippen LogP contribution in [0.2, 0.25) is 0 Å². The largest absolute Gasteiger partial charge is 0.398 e. The Balaban J connectivity index is 1.66. The Morgan fingerprint density at radius 1 is 1.29 bits per heavy atom. The summed E-state index contributed by atoms with van der Waals surface area (Å²) in [6, 6.07) is 7.72. The number of rotatable bonds is 5. The standard InChI is InChI=1S/C16H19N7O/c1-11(2)23-9-15(20-21-23)19-16(24)10-22-8-12(7-18-22)13-5-3-4-6-14(13)17/h3-9,11H,10,17H2,1-2H3,(H,19,24). The van der Waals surface area contributed by atoms with Crippen molar-refractivity contribution < 1.29 is 4.79 Å². The lowest BCUT2D eigenvalue weighted by Gasteiger charge is -2.03. The maximum Gasteiger partial charge on any atom is 0.247 e. The van der Waals surface area contributed by atoms with Crippen LogP contribution < -0.4 is 11.1 Å². The van der Waals surface area contributed by atoms with E-state index in [-0.39, 0.29) is 18.5 Å². The number of anilines is 2. The Labute approximate surface area is 139 Å². The van der Waals surface area contributed by atoms with Gasteiger partial charge in [-0.15, -0.1) is 5.10 Å². The molecule has 1 amide bonds. The second-order valence-electron chi connectivity index (χ2n) is 5.74. The van der Waals surface area contributed by atoms with E-state index >= 15 is 0 Å². The first-order valence-electron chi connectivity index (χ1n) is 7.62. The van der Waals surface area contributed by atoms with Gasteiger partial charge in [-0.2, -0.15) is 5.10 Å². The van der Waals surface area contributed by atoms with Crippen molar-refractivity contribution in [3.63, 3.8) is 0 Å². The van der Waals surface area contributed by atoms with Gasteiger partial charge in [0, 0.05) is 29.1 Å². The van der Waals surface area contributed by atoms with E-state index in [0.717, 1.165) is 11.1 Å². The molecule has 0 saturated heterocycles. The number of amides is 1. The van der Waals surface area contributed by atoms with E-state index in [1.165, 1.54) is 0 Å². The zero-order valence-corrected chi connectivity index (χ0v) is 13.5. The molecule has 3 rings (SSSR count). The van der Waals surface area contributed by atoms with E-state index < -0.39 is 0 Å². The molecule has 8 nitrogen and oxygen atoms in total. The Morgan fingerprint density at radius 2 is 2.08 bits per heavy atom. The van der Waals surface area contributed by atoms with Gasteiger partial charge in [0.2, 0.25) is 5.91 Å². The molecule has 124 valence electrons. The summed E-state index contributed by atoms with van der Waals surface area (Å²) in [7, 11) is 0. The van der Waals surface area contributed by atoms with Crippen LogP contribution in [-0.2, 0) is 11.3 Å². The van der Waals surface area contributed by atoms with Crippen molar-refractivity contribution in [2.75, 3.05) is 11.1 Å². The van der Waals surface area contributed by atoms with Crippen molar-refractivity contribution in [3.05, 3.63) is 42.9 Å². The van der Waals surface area contributed by atoms with Crippen LogP contribution in [0.4, 0.5) is 11.5 Å². The number of nitrogens with two attached hydrogens (primary N) is 1. The maximum atomic E-state index is 12.1. The zero-order chi connectivity index (χ0) is 17.1. The summed E-state index contributed by atoms with van der Waals surface area (Å²) in [6.07, 6.45) is 5.17. The van der Waals surface area contributed by atoms with E-state index in [4.69, 9.17) is 5.73 Å². The maximum absolute atomic E-state index is 12.1. The number of aromatic nitrogens is 5. The highest BCUT2D eigenvalue weighted by atomic mass is 16.2. The van der Waals surface area contributed by atoms with Crippen molar-refractivity contribution in [3.8, 4) is 11.1 Å². The van der Waals surface area contributed by atoms with Crippen LogP contribution in [0.15, 0.2) is 42.9 Å². The number of hydrogen-bond acceptors (Lipinski definition) is 5. The number of carbonyl (C=O) groups excluding carboxylic acids is 1. The lowest BCUT2D eigenvalue weighted by Crippen LogP contribution is -2.19. The van der Waals surface area contributed by atoms with Gasteiger partial charge >= 0.3 is 0 Å². The summed E-state index contributed by atoms with van der Waals surface area (Å²) in [5, 5.41) is 14.8. The van der Waals surface area contributed by atoms with E-state index in [0.29, 0.717) is 11.5 Å². The predicted octanol–water partition coefficient (Wildman–Crippen LogP) is 1.94. The highest BCUT2D eigenvalue weighted by Crippen LogP contribution is 2.24. The van der Waals surface area contributed by atoms with Gasteiger partial charge in [0.1, 0.15) is 6.54 Å². The van der Waals surface area contributed by atoms with E-state index in [1.54, 1.807) is 28.0 Å². The molecular formula is C16H19N7O. The van der Waals surface area contributed by atoms with Crippen molar-refractivity contribution in [2.45, 2.75) is 26.4 Å². The van der Waals surface area contributed by atoms with Crippen LogP contribution >= 0.6 is 0 Å². The van der Waals surface area contributed by atoms with Crippen molar-refractivity contribution in [1.82, 2.24) is 24.8 Å². The minimum atomic E-state index is -0.221. The minimum absolute atomic E-state index is 0.0846. The van der Waals surface area contributed by atoms with Gasteiger partial charge < -0.3 is 11.1 Å². The molecule has 0 spiro atoms. The monoisotopic (exact) mass is 325 g/mol. The normalized spacial score (nSPS) is 11.0. The topological polar surface area (TPSA) is 104 Å². The predicted molar refractivity (Wildman–Crippen MR) is 91.1 cm³/mol. The summed E-state index contributed by atoms with van der Waals surface area (Å²) in [6.45, 7) is 4.06. The Morgan fingerprint density at radius 3 is 2.79 bits per heavy atom. The van der Waals surface area contributed by atoms with E-state index in [1.807, 2.05) is 38.1 Å². The first-order chi connectivity index (χ1) is 11.5. The number of para-hydroxylation sites is 1. The third-order valence-corrected chi connectivity index (χ3v) is 3.52. The second kappa shape index (κ2) is 6.53. The van der Waals surface area contributed by atoms with Crippen molar-refractivity contribution in [1.29, 1.82) is 0 Å². The molecule has 1 aromatic carbocycles. The van der Waals surface area contributed by atoms with Gasteiger partial charge in [0.05, 0.1) is 12.4 Å². The van der Waals surface area contributed by atoms with Gasteiger partial charge in [-0.25, -0.2) is 4.68 Å².